The van der Waals surface area contributed by atoms with Gasteiger partial charge in [0.1, 0.15) is 0 Å². The smallest absolute Gasteiger partial charge is 0.182 e. The molecule has 0 atom stereocenters. The molecule has 0 heterocycles. The molecule has 0 unspecified atom stereocenters. The van der Waals surface area contributed by atoms with Crippen molar-refractivity contribution in [2.45, 2.75) is 16.2 Å². The molecular formula is C21H19NOS. The molecule has 24 heavy (non-hydrogen) atoms. The molecule has 3 aromatic carbocycles. The molecule has 0 aromatic heterocycles. The average molecular weight is 333 g/mol. The number of benzene rings is 3. The lowest BCUT2D eigenvalue weighted by molar-refractivity contribution is -0.451. The molecule has 0 saturated carbocycles. The Morgan fingerprint density at radius 1 is 0.792 bits per heavy atom. The molecule has 3 heteroatoms. The molecule has 0 saturated heterocycles. The highest BCUT2D eigenvalue weighted by atomic mass is 32.2. The van der Waals surface area contributed by atoms with Crippen LogP contribution < -0.4 is 0 Å². The second-order valence-electron chi connectivity index (χ2n) is 5.46. The van der Waals surface area contributed by atoms with Crippen LogP contribution in [0.4, 0.5) is 0 Å². The van der Waals surface area contributed by atoms with E-state index in [4.69, 9.17) is 0 Å². The topological polar surface area (TPSA) is 26.1 Å². The fourth-order valence-electron chi connectivity index (χ4n) is 2.40. The van der Waals surface area contributed by atoms with E-state index in [0.29, 0.717) is 6.54 Å². The summed E-state index contributed by atoms with van der Waals surface area (Å²) in [6.07, 6.45) is 2.43. The maximum atomic E-state index is 12.2. The van der Waals surface area contributed by atoms with E-state index in [0.717, 1.165) is 21.6 Å². The van der Waals surface area contributed by atoms with Crippen molar-refractivity contribution in [2.75, 3.05) is 6.54 Å². The van der Waals surface area contributed by atoms with Gasteiger partial charge in [0.25, 0.3) is 0 Å². The lowest BCUT2D eigenvalue weighted by Crippen LogP contribution is -2.10. The molecule has 2 nitrogen and oxygen atoms in total. The standard InChI is InChI=1S/C21H19NOS/c23-22(16-15-18-9-3-1-4-10-18)17-19-11-7-8-14-21(19)24-20-12-5-2-6-13-20/h1-14,17H,15-16H2/b22-17+. The predicted octanol–water partition coefficient (Wildman–Crippen LogP) is 5.01. The van der Waals surface area contributed by atoms with Gasteiger partial charge in [0, 0.05) is 16.2 Å². The van der Waals surface area contributed by atoms with E-state index in [1.807, 2.05) is 66.7 Å². The Balaban J connectivity index is 1.72. The van der Waals surface area contributed by atoms with Gasteiger partial charge in [-0.3, -0.25) is 0 Å². The van der Waals surface area contributed by atoms with Gasteiger partial charge in [0.15, 0.2) is 12.8 Å². The first kappa shape index (κ1) is 16.3. The third-order valence-corrected chi connectivity index (χ3v) is 4.74. The average Bonchev–Trinajstić information content (AvgIpc) is 2.63. The van der Waals surface area contributed by atoms with Gasteiger partial charge in [0.2, 0.25) is 0 Å². The zero-order valence-corrected chi connectivity index (χ0v) is 14.2. The molecule has 0 radical (unpaired) electrons. The molecule has 0 aliphatic heterocycles. The normalized spacial score (nSPS) is 11.4. The molecule has 0 aliphatic rings. The summed E-state index contributed by atoms with van der Waals surface area (Å²) < 4.78 is 1.03. The van der Waals surface area contributed by atoms with Gasteiger partial charge in [-0.2, -0.15) is 0 Å². The van der Waals surface area contributed by atoms with Crippen molar-refractivity contribution >= 4 is 18.0 Å². The first-order valence-electron chi connectivity index (χ1n) is 7.96. The van der Waals surface area contributed by atoms with Crippen molar-refractivity contribution in [3.8, 4) is 0 Å². The Labute approximate surface area is 147 Å². The van der Waals surface area contributed by atoms with Gasteiger partial charge in [-0.25, -0.2) is 4.74 Å². The second-order valence-corrected chi connectivity index (χ2v) is 6.57. The van der Waals surface area contributed by atoms with E-state index in [1.54, 1.807) is 18.0 Å². The van der Waals surface area contributed by atoms with Gasteiger partial charge in [-0.15, -0.1) is 0 Å². The van der Waals surface area contributed by atoms with Gasteiger partial charge in [-0.05, 0) is 29.8 Å². The monoisotopic (exact) mass is 333 g/mol. The highest BCUT2D eigenvalue weighted by molar-refractivity contribution is 7.99. The Bertz CT molecular complexity index is 800. The van der Waals surface area contributed by atoms with E-state index in [9.17, 15) is 5.21 Å². The van der Waals surface area contributed by atoms with Crippen LogP contribution >= 0.6 is 11.8 Å². The lowest BCUT2D eigenvalue weighted by Gasteiger charge is -2.07. The molecule has 120 valence electrons. The molecule has 0 N–H and O–H groups in total. The van der Waals surface area contributed by atoms with Crippen molar-refractivity contribution < 1.29 is 4.74 Å². The zero-order valence-electron chi connectivity index (χ0n) is 13.3. The maximum absolute atomic E-state index is 12.2. The van der Waals surface area contributed by atoms with Crippen LogP contribution in [0.25, 0.3) is 0 Å². The summed E-state index contributed by atoms with van der Waals surface area (Å²) in [5, 5.41) is 12.2. The van der Waals surface area contributed by atoms with Crippen LogP contribution in [0.2, 0.25) is 0 Å². The van der Waals surface area contributed by atoms with Crippen LogP contribution in [-0.2, 0) is 6.42 Å². The van der Waals surface area contributed by atoms with Gasteiger partial charge < -0.3 is 5.21 Å². The van der Waals surface area contributed by atoms with Crippen LogP contribution in [0, 0.1) is 5.21 Å². The summed E-state index contributed by atoms with van der Waals surface area (Å²) in [4.78, 5) is 2.25. The zero-order chi connectivity index (χ0) is 16.6. The van der Waals surface area contributed by atoms with Crippen LogP contribution in [0.1, 0.15) is 11.1 Å². The Morgan fingerprint density at radius 2 is 1.42 bits per heavy atom. The van der Waals surface area contributed by atoms with Gasteiger partial charge >= 0.3 is 0 Å². The number of hydrogen-bond donors (Lipinski definition) is 0. The SMILES string of the molecule is [O-]/[N+](=C/c1ccccc1Sc1ccccc1)CCc1ccccc1. The summed E-state index contributed by atoms with van der Waals surface area (Å²) in [6.45, 7) is 0.453. The molecule has 0 fully saturated rings. The van der Waals surface area contributed by atoms with Crippen molar-refractivity contribution in [3.05, 3.63) is 101 Å². The Kier molecular flexibility index (Phi) is 5.70. The van der Waals surface area contributed by atoms with Crippen LogP contribution in [-0.4, -0.2) is 17.5 Å². The quantitative estimate of drug-likeness (QED) is 0.274. The minimum absolute atomic E-state index is 0.453. The Morgan fingerprint density at radius 3 is 2.17 bits per heavy atom. The number of nitrogens with zero attached hydrogens (tertiary/aromatic N) is 1. The summed E-state index contributed by atoms with van der Waals surface area (Å²) >= 11 is 1.67. The van der Waals surface area contributed by atoms with Crippen molar-refractivity contribution in [2.24, 2.45) is 0 Å². The van der Waals surface area contributed by atoms with E-state index < -0.39 is 0 Å². The van der Waals surface area contributed by atoms with E-state index in [-0.39, 0.29) is 0 Å². The largest absolute Gasteiger partial charge is 0.624 e. The highest BCUT2D eigenvalue weighted by Crippen LogP contribution is 2.29. The number of rotatable bonds is 6. The molecule has 0 aliphatic carbocycles. The molecule has 0 bridgehead atoms. The first-order chi connectivity index (χ1) is 11.8. The molecule has 3 aromatic rings. The fourth-order valence-corrected chi connectivity index (χ4v) is 3.33. The Hall–Kier alpha value is -2.52. The minimum Gasteiger partial charge on any atom is -0.624 e. The fraction of sp³-hybridized carbons (Fsp3) is 0.0952. The summed E-state index contributed by atoms with van der Waals surface area (Å²) in [5.74, 6) is 0. The van der Waals surface area contributed by atoms with Crippen molar-refractivity contribution in [1.82, 2.24) is 0 Å². The molecule has 0 spiro atoms. The summed E-state index contributed by atoms with van der Waals surface area (Å²) in [5.41, 5.74) is 2.13. The van der Waals surface area contributed by atoms with E-state index >= 15 is 0 Å². The molecular weight excluding hydrogens is 314 g/mol. The summed E-state index contributed by atoms with van der Waals surface area (Å²) in [6, 6.07) is 28.3. The minimum atomic E-state index is 0.453. The van der Waals surface area contributed by atoms with E-state index in [2.05, 4.69) is 18.2 Å². The van der Waals surface area contributed by atoms with Gasteiger partial charge in [-0.1, -0.05) is 72.4 Å². The molecule has 0 amide bonds. The van der Waals surface area contributed by atoms with Gasteiger partial charge in [0.05, 0.1) is 5.56 Å². The third-order valence-electron chi connectivity index (χ3n) is 3.64. The van der Waals surface area contributed by atoms with Crippen molar-refractivity contribution in [3.63, 3.8) is 0 Å². The van der Waals surface area contributed by atoms with Crippen LogP contribution in [0.5, 0.6) is 0 Å². The maximum Gasteiger partial charge on any atom is 0.182 e. The van der Waals surface area contributed by atoms with Crippen LogP contribution in [0.3, 0.4) is 0 Å². The third kappa shape index (κ3) is 4.74. The van der Waals surface area contributed by atoms with Crippen molar-refractivity contribution in [1.29, 1.82) is 0 Å². The summed E-state index contributed by atoms with van der Waals surface area (Å²) in [7, 11) is 0. The number of hydrogen-bond acceptors (Lipinski definition) is 2. The molecule has 3 rings (SSSR count). The van der Waals surface area contributed by atoms with E-state index in [1.165, 1.54) is 10.5 Å². The second kappa shape index (κ2) is 8.37. The lowest BCUT2D eigenvalue weighted by atomic mass is 10.1. The van der Waals surface area contributed by atoms with Crippen LogP contribution in [0.15, 0.2) is 94.7 Å². The number of hydroxylamine groups is 1. The highest BCUT2D eigenvalue weighted by Gasteiger charge is 2.05. The predicted molar refractivity (Wildman–Crippen MR) is 101 cm³/mol. The first-order valence-corrected chi connectivity index (χ1v) is 8.77.